The monoisotopic (exact) mass is 277 g/mol. The standard InChI is InChI=1S/C13H13BFNO4/c1-19-13-4-2-3-10(16-13)8-20-12-7-9(14(17)18)5-6-11(12)15/h2-7,17-18H,8H2,1H3. The van der Waals surface area contributed by atoms with E-state index < -0.39 is 12.9 Å². The second-order valence-electron chi connectivity index (χ2n) is 4.02. The summed E-state index contributed by atoms with van der Waals surface area (Å²) in [6.07, 6.45) is 0. The first-order chi connectivity index (χ1) is 9.60. The summed E-state index contributed by atoms with van der Waals surface area (Å²) >= 11 is 0. The van der Waals surface area contributed by atoms with Gasteiger partial charge in [0, 0.05) is 6.07 Å². The molecule has 0 amide bonds. The molecule has 2 aromatic rings. The summed E-state index contributed by atoms with van der Waals surface area (Å²) in [5.74, 6) is -0.219. The molecular weight excluding hydrogens is 264 g/mol. The van der Waals surface area contributed by atoms with Crippen molar-refractivity contribution < 1.29 is 23.9 Å². The van der Waals surface area contributed by atoms with E-state index in [0.717, 1.165) is 6.07 Å². The van der Waals surface area contributed by atoms with Gasteiger partial charge in [-0.15, -0.1) is 0 Å². The second kappa shape index (κ2) is 6.36. The molecule has 0 aliphatic heterocycles. The fourth-order valence-corrected chi connectivity index (χ4v) is 1.59. The van der Waals surface area contributed by atoms with Gasteiger partial charge in [0.15, 0.2) is 11.6 Å². The fraction of sp³-hybridized carbons (Fsp3) is 0.154. The van der Waals surface area contributed by atoms with E-state index >= 15 is 0 Å². The largest absolute Gasteiger partial charge is 0.488 e. The molecule has 2 N–H and O–H groups in total. The van der Waals surface area contributed by atoms with Crippen molar-refractivity contribution in [3.8, 4) is 11.6 Å². The molecule has 1 aromatic heterocycles. The van der Waals surface area contributed by atoms with E-state index in [1.54, 1.807) is 18.2 Å². The van der Waals surface area contributed by atoms with E-state index in [0.29, 0.717) is 11.6 Å². The van der Waals surface area contributed by atoms with Crippen LogP contribution in [0, 0.1) is 5.82 Å². The smallest absolute Gasteiger partial charge is 0.484 e. The van der Waals surface area contributed by atoms with Crippen molar-refractivity contribution in [1.82, 2.24) is 4.98 Å². The molecule has 104 valence electrons. The van der Waals surface area contributed by atoms with Crippen molar-refractivity contribution in [3.05, 3.63) is 47.9 Å². The molecule has 0 radical (unpaired) electrons. The van der Waals surface area contributed by atoms with Gasteiger partial charge in [-0.3, -0.25) is 0 Å². The van der Waals surface area contributed by atoms with Gasteiger partial charge in [0.1, 0.15) is 6.61 Å². The Hall–Kier alpha value is -2.12. The topological polar surface area (TPSA) is 71.8 Å². The number of hydrogen-bond acceptors (Lipinski definition) is 5. The predicted molar refractivity (Wildman–Crippen MR) is 71.3 cm³/mol. The number of rotatable bonds is 5. The maximum Gasteiger partial charge on any atom is 0.488 e. The number of pyridine rings is 1. The summed E-state index contributed by atoms with van der Waals surface area (Å²) in [7, 11) is -0.174. The van der Waals surface area contributed by atoms with Crippen LogP contribution in [-0.2, 0) is 6.61 Å². The van der Waals surface area contributed by atoms with Gasteiger partial charge in [0.25, 0.3) is 0 Å². The Morgan fingerprint density at radius 3 is 2.75 bits per heavy atom. The van der Waals surface area contributed by atoms with Crippen LogP contribution in [0.5, 0.6) is 11.6 Å². The quantitative estimate of drug-likeness (QED) is 0.778. The third-order valence-electron chi connectivity index (χ3n) is 2.62. The highest BCUT2D eigenvalue weighted by molar-refractivity contribution is 6.58. The molecule has 2 rings (SSSR count). The fourth-order valence-electron chi connectivity index (χ4n) is 1.59. The Labute approximate surface area is 115 Å². The molecule has 0 bridgehead atoms. The van der Waals surface area contributed by atoms with Crippen molar-refractivity contribution in [1.29, 1.82) is 0 Å². The van der Waals surface area contributed by atoms with Gasteiger partial charge >= 0.3 is 7.12 Å². The van der Waals surface area contributed by atoms with E-state index in [-0.39, 0.29) is 17.8 Å². The Balaban J connectivity index is 2.11. The molecule has 0 spiro atoms. The number of nitrogens with zero attached hydrogens (tertiary/aromatic N) is 1. The van der Waals surface area contributed by atoms with E-state index in [2.05, 4.69) is 4.98 Å². The maximum absolute atomic E-state index is 13.5. The lowest BCUT2D eigenvalue weighted by molar-refractivity contribution is 0.283. The van der Waals surface area contributed by atoms with Crippen molar-refractivity contribution in [3.63, 3.8) is 0 Å². The van der Waals surface area contributed by atoms with Gasteiger partial charge in [-0.1, -0.05) is 12.1 Å². The summed E-state index contributed by atoms with van der Waals surface area (Å²) < 4.78 is 23.8. The molecule has 1 aromatic carbocycles. The summed E-state index contributed by atoms with van der Waals surface area (Å²) in [4.78, 5) is 4.13. The Kier molecular flexibility index (Phi) is 4.55. The van der Waals surface area contributed by atoms with Crippen LogP contribution in [0.2, 0.25) is 0 Å². The minimum Gasteiger partial charge on any atom is -0.484 e. The molecule has 0 aliphatic rings. The van der Waals surface area contributed by atoms with Crippen LogP contribution < -0.4 is 14.9 Å². The Morgan fingerprint density at radius 2 is 2.05 bits per heavy atom. The van der Waals surface area contributed by atoms with Crippen LogP contribution in [0.25, 0.3) is 0 Å². The lowest BCUT2D eigenvalue weighted by Crippen LogP contribution is -2.29. The zero-order chi connectivity index (χ0) is 14.5. The van der Waals surface area contributed by atoms with Gasteiger partial charge < -0.3 is 19.5 Å². The third kappa shape index (κ3) is 3.46. The molecule has 0 atom stereocenters. The zero-order valence-corrected chi connectivity index (χ0v) is 10.8. The molecule has 7 heteroatoms. The first-order valence-electron chi connectivity index (χ1n) is 5.88. The summed E-state index contributed by atoms with van der Waals surface area (Å²) in [6, 6.07) is 8.77. The number of hydrogen-bond donors (Lipinski definition) is 2. The molecule has 0 unspecified atom stereocenters. The molecule has 0 aliphatic carbocycles. The van der Waals surface area contributed by atoms with Crippen LogP contribution in [0.4, 0.5) is 4.39 Å². The molecule has 0 saturated heterocycles. The van der Waals surface area contributed by atoms with Crippen LogP contribution in [0.15, 0.2) is 36.4 Å². The van der Waals surface area contributed by atoms with Crippen LogP contribution in [-0.4, -0.2) is 29.3 Å². The van der Waals surface area contributed by atoms with Crippen molar-refractivity contribution in [2.75, 3.05) is 7.11 Å². The molecular formula is C13H13BFNO4. The van der Waals surface area contributed by atoms with Gasteiger partial charge in [0.2, 0.25) is 5.88 Å². The normalized spacial score (nSPS) is 10.2. The lowest BCUT2D eigenvalue weighted by Gasteiger charge is -2.09. The van der Waals surface area contributed by atoms with Crippen LogP contribution >= 0.6 is 0 Å². The van der Waals surface area contributed by atoms with Gasteiger partial charge in [-0.05, 0) is 23.7 Å². The highest BCUT2D eigenvalue weighted by atomic mass is 19.1. The Morgan fingerprint density at radius 1 is 1.25 bits per heavy atom. The van der Waals surface area contributed by atoms with E-state index in [4.69, 9.17) is 19.5 Å². The molecule has 5 nitrogen and oxygen atoms in total. The SMILES string of the molecule is COc1cccc(COc2cc(B(O)O)ccc2F)n1. The minimum absolute atomic E-state index is 0.0408. The molecule has 0 saturated carbocycles. The highest BCUT2D eigenvalue weighted by Crippen LogP contribution is 2.16. The molecule has 0 fully saturated rings. The maximum atomic E-state index is 13.5. The number of ether oxygens (including phenoxy) is 2. The van der Waals surface area contributed by atoms with Crippen molar-refractivity contribution >= 4 is 12.6 Å². The number of methoxy groups -OCH3 is 1. The van der Waals surface area contributed by atoms with Crippen LogP contribution in [0.1, 0.15) is 5.69 Å². The minimum atomic E-state index is -1.67. The lowest BCUT2D eigenvalue weighted by atomic mass is 9.80. The van der Waals surface area contributed by atoms with E-state index in [1.807, 2.05) is 0 Å². The molecule has 20 heavy (non-hydrogen) atoms. The number of aromatic nitrogens is 1. The average Bonchev–Trinajstić information content (AvgIpc) is 2.46. The van der Waals surface area contributed by atoms with E-state index in [9.17, 15) is 4.39 Å². The Bertz CT molecular complexity index is 594. The van der Waals surface area contributed by atoms with Gasteiger partial charge in [-0.25, -0.2) is 9.37 Å². The van der Waals surface area contributed by atoms with Gasteiger partial charge in [0.05, 0.1) is 12.8 Å². The number of benzene rings is 1. The van der Waals surface area contributed by atoms with Crippen molar-refractivity contribution in [2.24, 2.45) is 0 Å². The van der Waals surface area contributed by atoms with Gasteiger partial charge in [-0.2, -0.15) is 0 Å². The van der Waals surface area contributed by atoms with Crippen molar-refractivity contribution in [2.45, 2.75) is 6.61 Å². The zero-order valence-electron chi connectivity index (χ0n) is 10.8. The predicted octanol–water partition coefficient (Wildman–Crippen LogP) is 0.488. The second-order valence-corrected chi connectivity index (χ2v) is 4.02. The third-order valence-corrected chi connectivity index (χ3v) is 2.62. The number of halogens is 1. The summed E-state index contributed by atoms with van der Waals surface area (Å²) in [6.45, 7) is 0.0408. The first-order valence-corrected chi connectivity index (χ1v) is 5.88. The average molecular weight is 277 g/mol. The molecule has 1 heterocycles. The summed E-state index contributed by atoms with van der Waals surface area (Å²) in [5, 5.41) is 18.1. The first kappa shape index (κ1) is 14.3. The van der Waals surface area contributed by atoms with Crippen LogP contribution in [0.3, 0.4) is 0 Å². The summed E-state index contributed by atoms with van der Waals surface area (Å²) in [5.41, 5.74) is 0.721. The highest BCUT2D eigenvalue weighted by Gasteiger charge is 2.14. The van der Waals surface area contributed by atoms with E-state index in [1.165, 1.54) is 19.2 Å².